The van der Waals surface area contributed by atoms with Crippen LogP contribution >= 0.6 is 11.6 Å². The van der Waals surface area contributed by atoms with E-state index in [2.05, 4.69) is 10.0 Å². The van der Waals surface area contributed by atoms with E-state index in [1.807, 2.05) is 6.07 Å². The number of amides is 1. The first-order valence-electron chi connectivity index (χ1n) is 8.74. The monoisotopic (exact) mass is 461 g/mol. The van der Waals surface area contributed by atoms with Crippen molar-refractivity contribution in [3.8, 4) is 6.07 Å². The third-order valence-corrected chi connectivity index (χ3v) is 5.93. The molecule has 3 rings (SSSR count). The zero-order valence-electron chi connectivity index (χ0n) is 15.6. The number of sulfonamides is 1. The second-order valence-electron chi connectivity index (χ2n) is 6.31. The van der Waals surface area contributed by atoms with Crippen molar-refractivity contribution >= 4 is 33.2 Å². The summed E-state index contributed by atoms with van der Waals surface area (Å²) in [7, 11) is -4.11. The highest BCUT2D eigenvalue weighted by molar-refractivity contribution is 7.92. The van der Waals surface area contributed by atoms with Crippen molar-refractivity contribution in [2.45, 2.75) is 10.9 Å². The molecule has 3 aromatic rings. The predicted octanol–water partition coefficient (Wildman–Crippen LogP) is 4.41. The fraction of sp³-hybridized carbons (Fsp3) is 0.0476. The van der Waals surface area contributed by atoms with E-state index in [-0.39, 0.29) is 26.7 Å². The van der Waals surface area contributed by atoms with Crippen LogP contribution in [-0.2, 0) is 10.0 Å². The van der Waals surface area contributed by atoms with Gasteiger partial charge in [-0.2, -0.15) is 5.26 Å². The average Bonchev–Trinajstić information content (AvgIpc) is 2.74. The molecular formula is C21H14ClF2N3O3S. The summed E-state index contributed by atoms with van der Waals surface area (Å²) in [5.74, 6) is -2.00. The standard InChI is InChI=1S/C21H14ClF2N3O3S/c22-17-10-5-13(21(28)26-20(12-25)16-3-1-2-4-18(16)24)11-19(17)27-31(29,30)15-8-6-14(23)7-9-15/h1-11,20,27H,(H,26,28). The van der Waals surface area contributed by atoms with Gasteiger partial charge in [0.05, 0.1) is 21.7 Å². The number of anilines is 1. The maximum atomic E-state index is 13.9. The molecule has 3 aromatic carbocycles. The average molecular weight is 462 g/mol. The molecule has 2 N–H and O–H groups in total. The molecule has 1 unspecified atom stereocenters. The summed E-state index contributed by atoms with van der Waals surface area (Å²) in [6.07, 6.45) is 0. The quantitative estimate of drug-likeness (QED) is 0.567. The van der Waals surface area contributed by atoms with E-state index in [0.717, 1.165) is 30.3 Å². The minimum absolute atomic E-state index is 0.00757. The molecule has 0 aromatic heterocycles. The van der Waals surface area contributed by atoms with Crippen molar-refractivity contribution in [1.29, 1.82) is 5.26 Å². The topological polar surface area (TPSA) is 99.1 Å². The van der Waals surface area contributed by atoms with Crippen LogP contribution in [0.4, 0.5) is 14.5 Å². The molecule has 0 aliphatic heterocycles. The highest BCUT2D eigenvalue weighted by Crippen LogP contribution is 2.26. The Morgan fingerprint density at radius 1 is 1.03 bits per heavy atom. The Bertz CT molecular complexity index is 1280. The number of carbonyl (C=O) groups is 1. The lowest BCUT2D eigenvalue weighted by Gasteiger charge is -2.14. The van der Waals surface area contributed by atoms with E-state index < -0.39 is 33.6 Å². The fourth-order valence-electron chi connectivity index (χ4n) is 2.67. The van der Waals surface area contributed by atoms with Gasteiger partial charge < -0.3 is 5.32 Å². The van der Waals surface area contributed by atoms with Gasteiger partial charge in [0.1, 0.15) is 17.7 Å². The molecule has 0 aliphatic rings. The van der Waals surface area contributed by atoms with Gasteiger partial charge >= 0.3 is 0 Å². The van der Waals surface area contributed by atoms with Crippen molar-refractivity contribution in [2.75, 3.05) is 4.72 Å². The summed E-state index contributed by atoms with van der Waals surface area (Å²) in [5, 5.41) is 11.7. The third-order valence-electron chi connectivity index (χ3n) is 4.22. The minimum atomic E-state index is -4.11. The van der Waals surface area contributed by atoms with Crippen LogP contribution in [0.15, 0.2) is 71.6 Å². The predicted molar refractivity (Wildman–Crippen MR) is 111 cm³/mol. The molecule has 31 heavy (non-hydrogen) atoms. The number of rotatable bonds is 6. The van der Waals surface area contributed by atoms with Crippen molar-refractivity contribution in [3.63, 3.8) is 0 Å². The highest BCUT2D eigenvalue weighted by Gasteiger charge is 2.21. The number of nitrogens with zero attached hydrogens (tertiary/aromatic N) is 1. The number of nitriles is 1. The lowest BCUT2D eigenvalue weighted by Crippen LogP contribution is -2.28. The van der Waals surface area contributed by atoms with Gasteiger partial charge in [-0.3, -0.25) is 9.52 Å². The third kappa shape index (κ3) is 5.17. The number of hydrogen-bond donors (Lipinski definition) is 2. The van der Waals surface area contributed by atoms with Crippen molar-refractivity contribution in [1.82, 2.24) is 5.32 Å². The van der Waals surface area contributed by atoms with Crippen LogP contribution in [0.3, 0.4) is 0 Å². The summed E-state index contributed by atoms with van der Waals surface area (Å²) in [5.41, 5.74) is -0.125. The Balaban J connectivity index is 1.85. The van der Waals surface area contributed by atoms with E-state index in [0.29, 0.717) is 0 Å². The van der Waals surface area contributed by atoms with E-state index in [4.69, 9.17) is 11.6 Å². The van der Waals surface area contributed by atoms with Gasteiger partial charge in [-0.1, -0.05) is 29.8 Å². The Labute approximate surface area is 182 Å². The fourth-order valence-corrected chi connectivity index (χ4v) is 3.96. The number of nitrogens with one attached hydrogen (secondary N) is 2. The smallest absolute Gasteiger partial charge is 0.261 e. The van der Waals surface area contributed by atoms with Crippen LogP contribution in [0.25, 0.3) is 0 Å². The molecule has 6 nitrogen and oxygen atoms in total. The lowest BCUT2D eigenvalue weighted by molar-refractivity contribution is 0.0944. The van der Waals surface area contributed by atoms with Gasteiger partial charge in [0.25, 0.3) is 15.9 Å². The van der Waals surface area contributed by atoms with Crippen LogP contribution in [0, 0.1) is 23.0 Å². The van der Waals surface area contributed by atoms with Crippen molar-refractivity contribution < 1.29 is 22.0 Å². The van der Waals surface area contributed by atoms with Gasteiger partial charge in [0.2, 0.25) is 0 Å². The molecule has 158 valence electrons. The normalized spacial score (nSPS) is 11.9. The zero-order chi connectivity index (χ0) is 22.6. The summed E-state index contributed by atoms with van der Waals surface area (Å²) in [4.78, 5) is 12.4. The van der Waals surface area contributed by atoms with Gasteiger partial charge in [-0.05, 0) is 48.5 Å². The second kappa shape index (κ2) is 9.12. The Morgan fingerprint density at radius 3 is 2.35 bits per heavy atom. The summed E-state index contributed by atoms with van der Waals surface area (Å²) < 4.78 is 54.3. The molecule has 1 atom stereocenters. The SMILES string of the molecule is N#CC(NC(=O)c1ccc(Cl)c(NS(=O)(=O)c2ccc(F)cc2)c1)c1ccccc1F. The maximum absolute atomic E-state index is 13.9. The minimum Gasteiger partial charge on any atom is -0.332 e. The zero-order valence-corrected chi connectivity index (χ0v) is 17.2. The number of benzene rings is 3. The molecule has 0 fully saturated rings. The van der Waals surface area contributed by atoms with Crippen LogP contribution in [-0.4, -0.2) is 14.3 Å². The molecule has 1 amide bonds. The van der Waals surface area contributed by atoms with Crippen LogP contribution < -0.4 is 10.0 Å². The molecule has 0 heterocycles. The van der Waals surface area contributed by atoms with Gasteiger partial charge in [0, 0.05) is 11.1 Å². The molecule has 0 spiro atoms. The maximum Gasteiger partial charge on any atom is 0.261 e. The molecule has 0 saturated carbocycles. The van der Waals surface area contributed by atoms with Crippen molar-refractivity contribution in [3.05, 3.63) is 94.5 Å². The van der Waals surface area contributed by atoms with Crippen LogP contribution in [0.1, 0.15) is 22.0 Å². The molecular weight excluding hydrogens is 448 g/mol. The molecule has 0 bridgehead atoms. The molecule has 0 saturated heterocycles. The number of hydrogen-bond acceptors (Lipinski definition) is 4. The first kappa shape index (κ1) is 22.2. The first-order chi connectivity index (χ1) is 14.7. The molecule has 10 heteroatoms. The Kier molecular flexibility index (Phi) is 6.53. The van der Waals surface area contributed by atoms with Crippen LogP contribution in [0.2, 0.25) is 5.02 Å². The number of halogens is 3. The largest absolute Gasteiger partial charge is 0.332 e. The van der Waals surface area contributed by atoms with Gasteiger partial charge in [-0.25, -0.2) is 17.2 Å². The molecule has 0 radical (unpaired) electrons. The second-order valence-corrected chi connectivity index (χ2v) is 8.40. The summed E-state index contributed by atoms with van der Waals surface area (Å²) in [6.45, 7) is 0. The molecule has 0 aliphatic carbocycles. The van der Waals surface area contributed by atoms with E-state index in [9.17, 15) is 27.3 Å². The van der Waals surface area contributed by atoms with Gasteiger partial charge in [-0.15, -0.1) is 0 Å². The Morgan fingerprint density at radius 2 is 1.71 bits per heavy atom. The van der Waals surface area contributed by atoms with E-state index >= 15 is 0 Å². The lowest BCUT2D eigenvalue weighted by atomic mass is 10.1. The summed E-state index contributed by atoms with van der Waals surface area (Å²) >= 11 is 6.05. The van der Waals surface area contributed by atoms with Crippen molar-refractivity contribution in [2.24, 2.45) is 0 Å². The van der Waals surface area contributed by atoms with E-state index in [1.54, 1.807) is 0 Å². The summed E-state index contributed by atoms with van der Waals surface area (Å²) in [6, 6.07) is 14.0. The number of carbonyl (C=O) groups excluding carboxylic acids is 1. The first-order valence-corrected chi connectivity index (χ1v) is 10.6. The van der Waals surface area contributed by atoms with E-state index in [1.165, 1.54) is 36.4 Å². The highest BCUT2D eigenvalue weighted by atomic mass is 35.5. The Hall–Kier alpha value is -3.48. The van der Waals surface area contributed by atoms with Gasteiger partial charge in [0.15, 0.2) is 0 Å². The van der Waals surface area contributed by atoms with Crippen LogP contribution in [0.5, 0.6) is 0 Å².